The van der Waals surface area contributed by atoms with Crippen LogP contribution in [0.1, 0.15) is 25.5 Å². The highest BCUT2D eigenvalue weighted by atomic mass is 35.5. The standard InChI is InChI=1S/C19H23ClN2O4S/c1-13(15-8-6-5-7-9-15)21-19(23)14(2)22(27(4,24)25)17-12-16(20)10-11-18(17)26-3/h5-14H,1-4H3,(H,21,23)/t13-,14-/m1/s1. The Hall–Kier alpha value is -2.25. The van der Waals surface area contributed by atoms with E-state index in [0.717, 1.165) is 16.1 Å². The fourth-order valence-electron chi connectivity index (χ4n) is 2.78. The first-order valence-corrected chi connectivity index (χ1v) is 10.6. The number of hydrogen-bond acceptors (Lipinski definition) is 4. The zero-order chi connectivity index (χ0) is 20.2. The molecule has 0 spiro atoms. The molecule has 0 aliphatic carbocycles. The van der Waals surface area contributed by atoms with E-state index < -0.39 is 22.0 Å². The fourth-order valence-corrected chi connectivity index (χ4v) is 4.11. The summed E-state index contributed by atoms with van der Waals surface area (Å²) in [5.74, 6) is -0.126. The maximum atomic E-state index is 12.8. The van der Waals surface area contributed by atoms with Gasteiger partial charge in [-0.1, -0.05) is 41.9 Å². The Morgan fingerprint density at radius 3 is 2.33 bits per heavy atom. The van der Waals surface area contributed by atoms with Crippen molar-refractivity contribution in [2.45, 2.75) is 25.9 Å². The first-order valence-electron chi connectivity index (χ1n) is 8.33. The number of carbonyl (C=O) groups excluding carboxylic acids is 1. The molecule has 1 N–H and O–H groups in total. The van der Waals surface area contributed by atoms with Crippen molar-refractivity contribution in [1.82, 2.24) is 5.32 Å². The van der Waals surface area contributed by atoms with Crippen molar-refractivity contribution in [3.05, 3.63) is 59.1 Å². The third-order valence-corrected chi connectivity index (χ3v) is 5.59. The summed E-state index contributed by atoms with van der Waals surface area (Å²) in [7, 11) is -2.35. The number of methoxy groups -OCH3 is 1. The molecule has 0 radical (unpaired) electrons. The molecule has 0 aliphatic rings. The third kappa shape index (κ3) is 5.14. The van der Waals surface area contributed by atoms with E-state index in [9.17, 15) is 13.2 Å². The van der Waals surface area contributed by atoms with Gasteiger partial charge in [0.25, 0.3) is 0 Å². The number of amides is 1. The number of carbonyl (C=O) groups is 1. The second kappa shape index (κ2) is 8.63. The molecule has 0 fully saturated rings. The van der Waals surface area contributed by atoms with Crippen LogP contribution in [0.3, 0.4) is 0 Å². The minimum absolute atomic E-state index is 0.211. The van der Waals surface area contributed by atoms with Crippen LogP contribution in [0.25, 0.3) is 0 Å². The van der Waals surface area contributed by atoms with Crippen molar-refractivity contribution in [3.63, 3.8) is 0 Å². The van der Waals surface area contributed by atoms with Gasteiger partial charge in [0.2, 0.25) is 15.9 Å². The molecule has 2 aromatic carbocycles. The number of benzene rings is 2. The molecule has 0 aliphatic heterocycles. The molecular formula is C19H23ClN2O4S. The van der Waals surface area contributed by atoms with Crippen LogP contribution in [0.4, 0.5) is 5.69 Å². The summed E-state index contributed by atoms with van der Waals surface area (Å²) in [5, 5.41) is 3.19. The van der Waals surface area contributed by atoms with Crippen LogP contribution in [0.5, 0.6) is 5.75 Å². The summed E-state index contributed by atoms with van der Waals surface area (Å²) >= 11 is 6.04. The van der Waals surface area contributed by atoms with Crippen molar-refractivity contribution in [1.29, 1.82) is 0 Å². The molecule has 1 amide bonds. The highest BCUT2D eigenvalue weighted by Crippen LogP contribution is 2.34. The molecule has 146 valence electrons. The smallest absolute Gasteiger partial charge is 0.244 e. The molecule has 0 aromatic heterocycles. The summed E-state index contributed by atoms with van der Waals surface area (Å²) in [6.07, 6.45) is 1.04. The predicted octanol–water partition coefficient (Wildman–Crippen LogP) is 3.38. The topological polar surface area (TPSA) is 75.7 Å². The minimum Gasteiger partial charge on any atom is -0.495 e. The number of rotatable bonds is 7. The van der Waals surface area contributed by atoms with E-state index >= 15 is 0 Å². The Balaban J connectivity index is 2.35. The zero-order valence-corrected chi connectivity index (χ0v) is 17.2. The van der Waals surface area contributed by atoms with Crippen molar-refractivity contribution in [3.8, 4) is 5.75 Å². The van der Waals surface area contributed by atoms with E-state index in [1.54, 1.807) is 12.1 Å². The summed E-state index contributed by atoms with van der Waals surface area (Å²) in [4.78, 5) is 12.8. The van der Waals surface area contributed by atoms with Gasteiger partial charge in [0.05, 0.1) is 25.1 Å². The Morgan fingerprint density at radius 2 is 1.78 bits per heavy atom. The van der Waals surface area contributed by atoms with Crippen molar-refractivity contribution in [2.75, 3.05) is 17.7 Å². The number of halogens is 1. The fraction of sp³-hybridized carbons (Fsp3) is 0.316. The maximum absolute atomic E-state index is 12.8. The van der Waals surface area contributed by atoms with Crippen LogP contribution in [0, 0.1) is 0 Å². The van der Waals surface area contributed by atoms with Crippen LogP contribution >= 0.6 is 11.6 Å². The lowest BCUT2D eigenvalue weighted by Crippen LogP contribution is -2.48. The van der Waals surface area contributed by atoms with Gasteiger partial charge in [0.15, 0.2) is 0 Å². The Labute approximate surface area is 165 Å². The first-order chi connectivity index (χ1) is 12.6. The molecule has 0 heterocycles. The van der Waals surface area contributed by atoms with Crippen LogP contribution < -0.4 is 14.4 Å². The molecule has 2 rings (SSSR count). The molecule has 2 aromatic rings. The number of nitrogens with one attached hydrogen (secondary N) is 1. The molecule has 8 heteroatoms. The van der Waals surface area contributed by atoms with Gasteiger partial charge in [0, 0.05) is 5.02 Å². The Bertz CT molecular complexity index is 903. The van der Waals surface area contributed by atoms with Gasteiger partial charge < -0.3 is 10.1 Å². The Kier molecular flexibility index (Phi) is 6.73. The lowest BCUT2D eigenvalue weighted by molar-refractivity contribution is -0.122. The maximum Gasteiger partial charge on any atom is 0.244 e. The number of nitrogens with zero attached hydrogens (tertiary/aromatic N) is 1. The van der Waals surface area contributed by atoms with Crippen molar-refractivity contribution < 1.29 is 17.9 Å². The van der Waals surface area contributed by atoms with Crippen LogP contribution in [-0.4, -0.2) is 33.7 Å². The molecule has 0 unspecified atom stereocenters. The highest BCUT2D eigenvalue weighted by Gasteiger charge is 2.32. The van der Waals surface area contributed by atoms with Gasteiger partial charge in [-0.05, 0) is 37.6 Å². The van der Waals surface area contributed by atoms with Gasteiger partial charge in [-0.3, -0.25) is 9.10 Å². The molecule has 0 bridgehead atoms. The summed E-state index contributed by atoms with van der Waals surface area (Å²) in [6.45, 7) is 3.36. The second-order valence-corrected chi connectivity index (χ2v) is 8.49. The molecule has 6 nitrogen and oxygen atoms in total. The van der Waals surface area contributed by atoms with E-state index in [1.165, 1.54) is 20.1 Å². The van der Waals surface area contributed by atoms with E-state index in [1.807, 2.05) is 37.3 Å². The number of sulfonamides is 1. The summed E-state index contributed by atoms with van der Waals surface area (Å²) in [5.41, 5.74) is 1.13. The van der Waals surface area contributed by atoms with Gasteiger partial charge in [-0.15, -0.1) is 0 Å². The van der Waals surface area contributed by atoms with E-state index in [0.29, 0.717) is 10.8 Å². The molecule has 0 saturated heterocycles. The SMILES string of the molecule is COc1ccc(Cl)cc1N([C@H](C)C(=O)N[C@H](C)c1ccccc1)S(C)(=O)=O. The van der Waals surface area contributed by atoms with Crippen LogP contribution in [0.2, 0.25) is 5.02 Å². The average Bonchev–Trinajstić information content (AvgIpc) is 2.61. The predicted molar refractivity (Wildman–Crippen MR) is 108 cm³/mol. The summed E-state index contributed by atoms with van der Waals surface area (Å²) < 4.78 is 31.2. The molecular weight excluding hydrogens is 388 g/mol. The molecule has 2 atom stereocenters. The largest absolute Gasteiger partial charge is 0.495 e. The third-order valence-electron chi connectivity index (χ3n) is 4.13. The summed E-state index contributed by atoms with van der Waals surface area (Å²) in [6, 6.07) is 12.8. The van der Waals surface area contributed by atoms with Gasteiger partial charge in [-0.25, -0.2) is 8.42 Å². The highest BCUT2D eigenvalue weighted by molar-refractivity contribution is 7.92. The second-order valence-electron chi connectivity index (χ2n) is 6.19. The number of ether oxygens (including phenoxy) is 1. The van der Waals surface area contributed by atoms with Crippen molar-refractivity contribution >= 4 is 33.2 Å². The zero-order valence-electron chi connectivity index (χ0n) is 15.6. The first kappa shape index (κ1) is 21.1. The normalized spacial score (nSPS) is 13.5. The molecule has 27 heavy (non-hydrogen) atoms. The van der Waals surface area contributed by atoms with Gasteiger partial charge in [-0.2, -0.15) is 0 Å². The van der Waals surface area contributed by atoms with Crippen molar-refractivity contribution in [2.24, 2.45) is 0 Å². The van der Waals surface area contributed by atoms with Crippen LogP contribution in [-0.2, 0) is 14.8 Å². The Morgan fingerprint density at radius 1 is 1.15 bits per heavy atom. The number of anilines is 1. The van der Waals surface area contributed by atoms with E-state index in [-0.39, 0.29) is 11.7 Å². The van der Waals surface area contributed by atoms with E-state index in [2.05, 4.69) is 5.32 Å². The van der Waals surface area contributed by atoms with Crippen LogP contribution in [0.15, 0.2) is 48.5 Å². The molecule has 0 saturated carbocycles. The van der Waals surface area contributed by atoms with Gasteiger partial charge in [0.1, 0.15) is 11.8 Å². The quantitative estimate of drug-likeness (QED) is 0.759. The lowest BCUT2D eigenvalue weighted by atomic mass is 10.1. The lowest BCUT2D eigenvalue weighted by Gasteiger charge is -2.30. The minimum atomic E-state index is -3.78. The van der Waals surface area contributed by atoms with E-state index in [4.69, 9.17) is 16.3 Å². The average molecular weight is 411 g/mol. The number of hydrogen-bond donors (Lipinski definition) is 1. The van der Waals surface area contributed by atoms with Gasteiger partial charge >= 0.3 is 0 Å². The monoisotopic (exact) mass is 410 g/mol.